The Balaban J connectivity index is 2.08. The summed E-state index contributed by atoms with van der Waals surface area (Å²) in [6, 6.07) is 20.1. The summed E-state index contributed by atoms with van der Waals surface area (Å²) in [6.45, 7) is 0.715. The molecule has 2 rings (SSSR count). The van der Waals surface area contributed by atoms with Crippen molar-refractivity contribution in [1.82, 2.24) is 4.42 Å². The lowest BCUT2D eigenvalue weighted by molar-refractivity contribution is 0.771. The third-order valence-electron chi connectivity index (χ3n) is 2.20. The highest BCUT2D eigenvalue weighted by atomic mass is 35.5. The van der Waals surface area contributed by atoms with E-state index in [4.69, 9.17) is 11.8 Å². The van der Waals surface area contributed by atoms with E-state index >= 15 is 0 Å². The average molecular weight is 218 g/mol. The lowest BCUT2D eigenvalue weighted by Gasteiger charge is -2.01. The van der Waals surface area contributed by atoms with Gasteiger partial charge in [0.05, 0.1) is 0 Å². The largest absolute Gasteiger partial charge is 0.232 e. The molecule has 75 valence electrons. The minimum absolute atomic E-state index is 0.715. The van der Waals surface area contributed by atoms with Crippen molar-refractivity contribution in [3.05, 3.63) is 66.2 Å². The molecule has 0 saturated carbocycles. The summed E-state index contributed by atoms with van der Waals surface area (Å²) in [5, 5.41) is 0. The van der Waals surface area contributed by atoms with E-state index in [2.05, 4.69) is 12.1 Å². The lowest BCUT2D eigenvalue weighted by Crippen LogP contribution is -2.10. The van der Waals surface area contributed by atoms with Crippen LogP contribution in [0.1, 0.15) is 5.56 Å². The Bertz CT molecular complexity index is 399. The van der Waals surface area contributed by atoms with E-state index in [-0.39, 0.29) is 0 Å². The normalized spacial score (nSPS) is 10.5. The molecule has 15 heavy (non-hydrogen) atoms. The first-order valence-corrected chi connectivity index (χ1v) is 5.22. The highest BCUT2D eigenvalue weighted by Crippen LogP contribution is 2.17. The number of nitrogens with zero attached hydrogens (tertiary/aromatic N) is 1. The second-order valence-electron chi connectivity index (χ2n) is 3.34. The molecule has 0 aliphatic rings. The van der Waals surface area contributed by atoms with Gasteiger partial charge in [0.25, 0.3) is 0 Å². The fourth-order valence-corrected chi connectivity index (χ4v) is 1.68. The molecule has 0 spiro atoms. The molecule has 1 nitrogen and oxygen atoms in total. The summed E-state index contributed by atoms with van der Waals surface area (Å²) < 4.78 is 1.72. The van der Waals surface area contributed by atoms with Crippen LogP contribution in [0.25, 0.3) is 0 Å². The molecular formula is C13H12ClN+. The molecule has 2 heteroatoms. The highest BCUT2D eigenvalue weighted by molar-refractivity contribution is 6.18. The topological polar surface area (TPSA) is 5.90 Å². The van der Waals surface area contributed by atoms with Gasteiger partial charge in [-0.25, -0.2) is 0 Å². The fourth-order valence-electron chi connectivity index (χ4n) is 1.42. The molecule has 0 heterocycles. The van der Waals surface area contributed by atoms with Crippen molar-refractivity contribution in [3.8, 4) is 0 Å². The number of anilines is 1. The Morgan fingerprint density at radius 3 is 1.93 bits per heavy atom. The van der Waals surface area contributed by atoms with Gasteiger partial charge in [-0.1, -0.05) is 48.5 Å². The van der Waals surface area contributed by atoms with E-state index in [1.807, 2.05) is 48.5 Å². The van der Waals surface area contributed by atoms with Crippen molar-refractivity contribution < 1.29 is 0 Å². The third-order valence-corrected chi connectivity index (χ3v) is 2.52. The SMILES string of the molecule is Cl[N+](Cc1ccccc1)c1ccccc1. The van der Waals surface area contributed by atoms with Crippen molar-refractivity contribution in [2.75, 3.05) is 0 Å². The number of halogens is 1. The van der Waals surface area contributed by atoms with Crippen molar-refractivity contribution in [2.24, 2.45) is 0 Å². The quantitative estimate of drug-likeness (QED) is 0.690. The van der Waals surface area contributed by atoms with Crippen LogP contribution in [0.2, 0.25) is 0 Å². The number of benzene rings is 2. The minimum Gasteiger partial charge on any atom is -0.0622 e. The van der Waals surface area contributed by atoms with Crippen LogP contribution in [-0.2, 0) is 6.54 Å². The summed E-state index contributed by atoms with van der Waals surface area (Å²) in [7, 11) is 0. The zero-order valence-electron chi connectivity index (χ0n) is 8.31. The van der Waals surface area contributed by atoms with Crippen LogP contribution in [0.3, 0.4) is 0 Å². The van der Waals surface area contributed by atoms with E-state index < -0.39 is 0 Å². The van der Waals surface area contributed by atoms with E-state index in [1.54, 1.807) is 4.42 Å². The Kier molecular flexibility index (Phi) is 3.38. The number of rotatable bonds is 3. The number of hydrogen-bond donors (Lipinski definition) is 0. The van der Waals surface area contributed by atoms with E-state index in [0.29, 0.717) is 6.54 Å². The Hall–Kier alpha value is -1.31. The summed E-state index contributed by atoms with van der Waals surface area (Å²) in [6.07, 6.45) is 0. The second kappa shape index (κ2) is 4.96. The van der Waals surface area contributed by atoms with Gasteiger partial charge < -0.3 is 0 Å². The van der Waals surface area contributed by atoms with Crippen molar-refractivity contribution in [1.29, 1.82) is 0 Å². The molecule has 0 saturated heterocycles. The maximum absolute atomic E-state index is 6.17. The van der Waals surface area contributed by atoms with Gasteiger partial charge in [-0.05, 0) is 4.42 Å². The van der Waals surface area contributed by atoms with Gasteiger partial charge in [0.1, 0.15) is 0 Å². The Labute approximate surface area is 95.0 Å². The standard InChI is InChI=1S/C13H12ClN/c14-15(13-9-5-2-6-10-13)11-12-7-3-1-4-8-12/h1-10H,11H2/q+1. The number of para-hydroxylation sites is 1. The molecule has 1 radical (unpaired) electrons. The molecular weight excluding hydrogens is 206 g/mol. The van der Waals surface area contributed by atoms with Crippen LogP contribution >= 0.6 is 11.8 Å². The zero-order chi connectivity index (χ0) is 10.5. The Morgan fingerprint density at radius 1 is 0.800 bits per heavy atom. The molecule has 0 aromatic heterocycles. The molecule has 0 aliphatic heterocycles. The van der Waals surface area contributed by atoms with Crippen LogP contribution in [0.4, 0.5) is 5.69 Å². The van der Waals surface area contributed by atoms with Crippen LogP contribution in [0, 0.1) is 0 Å². The minimum atomic E-state index is 0.715. The second-order valence-corrected chi connectivity index (χ2v) is 3.75. The Morgan fingerprint density at radius 2 is 1.33 bits per heavy atom. The van der Waals surface area contributed by atoms with Gasteiger partial charge in [-0.2, -0.15) is 0 Å². The molecule has 0 atom stereocenters. The summed E-state index contributed by atoms with van der Waals surface area (Å²) in [5.74, 6) is 0. The predicted octanol–water partition coefficient (Wildman–Crippen LogP) is 3.81. The maximum atomic E-state index is 6.17. The maximum Gasteiger partial charge on any atom is 0.232 e. The first-order chi connectivity index (χ1) is 7.36. The van der Waals surface area contributed by atoms with Gasteiger partial charge >= 0.3 is 0 Å². The highest BCUT2D eigenvalue weighted by Gasteiger charge is 2.16. The fraction of sp³-hybridized carbons (Fsp3) is 0.0769. The summed E-state index contributed by atoms with van der Waals surface area (Å²) >= 11 is 6.17. The molecule has 0 amide bonds. The van der Waals surface area contributed by atoms with Crippen LogP contribution < -0.4 is 4.42 Å². The third kappa shape index (κ3) is 2.82. The summed E-state index contributed by atoms with van der Waals surface area (Å²) in [5.41, 5.74) is 2.22. The van der Waals surface area contributed by atoms with Crippen molar-refractivity contribution in [2.45, 2.75) is 6.54 Å². The zero-order valence-corrected chi connectivity index (χ0v) is 9.06. The molecule has 0 bridgehead atoms. The molecule has 0 aliphatic carbocycles. The van der Waals surface area contributed by atoms with Crippen molar-refractivity contribution in [3.63, 3.8) is 0 Å². The van der Waals surface area contributed by atoms with E-state index in [1.165, 1.54) is 5.56 Å². The van der Waals surface area contributed by atoms with Gasteiger partial charge in [-0.3, -0.25) is 0 Å². The predicted molar refractivity (Wildman–Crippen MR) is 64.2 cm³/mol. The first-order valence-electron chi connectivity index (χ1n) is 4.88. The smallest absolute Gasteiger partial charge is 0.0622 e. The monoisotopic (exact) mass is 217 g/mol. The van der Waals surface area contributed by atoms with E-state index in [9.17, 15) is 0 Å². The average Bonchev–Trinajstić information content (AvgIpc) is 2.31. The van der Waals surface area contributed by atoms with Crippen molar-refractivity contribution >= 4 is 17.5 Å². The van der Waals surface area contributed by atoms with Crippen LogP contribution in [0.15, 0.2) is 60.7 Å². The lowest BCUT2D eigenvalue weighted by atomic mass is 10.2. The molecule has 2 aromatic carbocycles. The van der Waals surface area contributed by atoms with E-state index in [0.717, 1.165) is 5.69 Å². The summed E-state index contributed by atoms with van der Waals surface area (Å²) in [4.78, 5) is 0. The van der Waals surface area contributed by atoms with Crippen LogP contribution in [-0.4, -0.2) is 0 Å². The first kappa shape index (κ1) is 10.2. The van der Waals surface area contributed by atoms with Gasteiger partial charge in [-0.15, -0.1) is 0 Å². The van der Waals surface area contributed by atoms with Gasteiger partial charge in [0.2, 0.25) is 17.5 Å². The molecule has 0 fully saturated rings. The molecule has 0 N–H and O–H groups in total. The molecule has 0 unspecified atom stereocenters. The number of hydrogen-bond acceptors (Lipinski definition) is 1. The van der Waals surface area contributed by atoms with Gasteiger partial charge in [0.15, 0.2) is 6.54 Å². The van der Waals surface area contributed by atoms with Crippen LogP contribution in [0.5, 0.6) is 0 Å². The molecule has 2 aromatic rings. The van der Waals surface area contributed by atoms with Gasteiger partial charge in [0, 0.05) is 17.7 Å².